The molecule has 1 fully saturated rings. The maximum Gasteiger partial charge on any atom is 0.331 e. The largest absolute Gasteiger partial charge is 0.478 e. The van der Waals surface area contributed by atoms with Gasteiger partial charge in [-0.2, -0.15) is 0 Å². The maximum absolute atomic E-state index is 10.9. The van der Waals surface area contributed by atoms with E-state index in [4.69, 9.17) is 5.11 Å². The lowest BCUT2D eigenvalue weighted by Gasteiger charge is -2.31. The van der Waals surface area contributed by atoms with Crippen molar-refractivity contribution >= 4 is 17.9 Å². The number of nitrogens with zero attached hydrogens (tertiary/aromatic N) is 3. The lowest BCUT2D eigenvalue weighted by Crippen LogP contribution is -2.37. The van der Waals surface area contributed by atoms with Crippen molar-refractivity contribution < 1.29 is 9.90 Å². The first-order valence-electron chi connectivity index (χ1n) is 9.61. The van der Waals surface area contributed by atoms with Gasteiger partial charge in [0.1, 0.15) is 5.82 Å². The lowest BCUT2D eigenvalue weighted by atomic mass is 9.84. The van der Waals surface area contributed by atoms with E-state index in [9.17, 15) is 4.79 Å². The van der Waals surface area contributed by atoms with E-state index >= 15 is 0 Å². The predicted molar refractivity (Wildman–Crippen MR) is 111 cm³/mol. The van der Waals surface area contributed by atoms with Gasteiger partial charge in [0.15, 0.2) is 0 Å². The molecule has 6 heteroatoms. The molecule has 2 aromatic rings. The second kappa shape index (κ2) is 8.52. The van der Waals surface area contributed by atoms with E-state index in [1.807, 2.05) is 0 Å². The fraction of sp³-hybridized carbons (Fsp3) is 0.409. The number of anilines is 1. The molecule has 0 aliphatic carbocycles. The van der Waals surface area contributed by atoms with E-state index in [2.05, 4.69) is 64.4 Å². The van der Waals surface area contributed by atoms with Gasteiger partial charge in [0, 0.05) is 36.7 Å². The van der Waals surface area contributed by atoms with Crippen LogP contribution in [0.3, 0.4) is 0 Å². The summed E-state index contributed by atoms with van der Waals surface area (Å²) >= 11 is 0. The van der Waals surface area contributed by atoms with Crippen LogP contribution in [0.4, 0.5) is 5.82 Å². The molecule has 2 heterocycles. The molecule has 1 aromatic carbocycles. The van der Waals surface area contributed by atoms with Gasteiger partial charge in [0.25, 0.3) is 0 Å². The Labute approximate surface area is 166 Å². The Bertz CT molecular complexity index is 831. The van der Waals surface area contributed by atoms with Gasteiger partial charge >= 0.3 is 5.97 Å². The van der Waals surface area contributed by atoms with Crippen LogP contribution < -0.4 is 5.32 Å². The van der Waals surface area contributed by atoms with E-state index in [0.717, 1.165) is 31.9 Å². The molecule has 0 bridgehead atoms. The second-order valence-corrected chi connectivity index (χ2v) is 8.07. The molecular formula is C22H28N4O2. The van der Waals surface area contributed by atoms with Crippen LogP contribution in [0, 0.1) is 0 Å². The molecule has 28 heavy (non-hydrogen) atoms. The minimum atomic E-state index is -0.950. The summed E-state index contributed by atoms with van der Waals surface area (Å²) in [5.74, 6) is -0.229. The zero-order chi connectivity index (χ0) is 20.1. The average molecular weight is 380 g/mol. The van der Waals surface area contributed by atoms with Gasteiger partial charge in [-0.1, -0.05) is 44.2 Å². The van der Waals surface area contributed by atoms with E-state index in [1.165, 1.54) is 11.6 Å². The van der Waals surface area contributed by atoms with Crippen molar-refractivity contribution in [3.05, 3.63) is 59.6 Å². The predicted octanol–water partition coefficient (Wildman–Crippen LogP) is 3.43. The number of carboxylic acid groups (broad SMARTS) is 1. The number of rotatable bonds is 7. The van der Waals surface area contributed by atoms with Crippen LogP contribution in [0.15, 0.2) is 48.3 Å². The molecule has 148 valence electrons. The third-order valence-electron chi connectivity index (χ3n) is 5.17. The smallest absolute Gasteiger partial charge is 0.331 e. The van der Waals surface area contributed by atoms with Crippen LogP contribution in [0.1, 0.15) is 38.4 Å². The molecule has 0 radical (unpaired) electrons. The fourth-order valence-corrected chi connectivity index (χ4v) is 3.61. The van der Waals surface area contributed by atoms with Crippen molar-refractivity contribution in [2.24, 2.45) is 0 Å². The summed E-state index contributed by atoms with van der Waals surface area (Å²) in [6.45, 7) is 9.16. The first-order chi connectivity index (χ1) is 13.3. The monoisotopic (exact) mass is 380 g/mol. The third-order valence-corrected chi connectivity index (χ3v) is 5.17. The first kappa shape index (κ1) is 20.0. The van der Waals surface area contributed by atoms with Gasteiger partial charge in [0.2, 0.25) is 0 Å². The van der Waals surface area contributed by atoms with E-state index in [1.54, 1.807) is 19.3 Å². The Hall–Kier alpha value is -2.73. The third kappa shape index (κ3) is 5.16. The molecule has 1 aliphatic heterocycles. The number of likely N-dealkylation sites (tertiary alicyclic amines) is 1. The molecule has 0 amide bonds. The SMILES string of the molecule is C/C(=C\c1cnc(N[C@@H]2CCN(CC(C)(C)c3ccccc3)C2)cn1)C(=O)O. The topological polar surface area (TPSA) is 78.4 Å². The van der Waals surface area contributed by atoms with Gasteiger partial charge in [0.05, 0.1) is 18.1 Å². The second-order valence-electron chi connectivity index (χ2n) is 8.07. The van der Waals surface area contributed by atoms with Gasteiger partial charge in [-0.25, -0.2) is 9.78 Å². The highest BCUT2D eigenvalue weighted by Gasteiger charge is 2.29. The van der Waals surface area contributed by atoms with Crippen LogP contribution in [0.5, 0.6) is 0 Å². The summed E-state index contributed by atoms with van der Waals surface area (Å²) < 4.78 is 0. The number of aliphatic carboxylic acids is 1. The molecule has 6 nitrogen and oxygen atoms in total. The minimum absolute atomic E-state index is 0.103. The Morgan fingerprint density at radius 3 is 2.68 bits per heavy atom. The van der Waals surface area contributed by atoms with Crippen molar-refractivity contribution in [2.75, 3.05) is 25.0 Å². The standard InChI is InChI=1S/C22H28N4O2/c1-16(21(27)28)11-19-12-24-20(13-23-19)25-18-9-10-26(14-18)15-22(2,3)17-7-5-4-6-8-17/h4-8,11-13,18H,9-10,14-15H2,1-3H3,(H,24,25)(H,27,28)/b16-11+/t18-/m1/s1. The highest BCUT2D eigenvalue weighted by atomic mass is 16.4. The van der Waals surface area contributed by atoms with Crippen LogP contribution in [0.25, 0.3) is 6.08 Å². The summed E-state index contributed by atoms with van der Waals surface area (Å²) in [4.78, 5) is 22.0. The quantitative estimate of drug-likeness (QED) is 0.717. The molecule has 1 atom stereocenters. The van der Waals surface area contributed by atoms with E-state index in [0.29, 0.717) is 11.7 Å². The minimum Gasteiger partial charge on any atom is -0.478 e. The molecule has 1 aromatic heterocycles. The first-order valence-corrected chi connectivity index (χ1v) is 9.61. The number of hydrogen-bond acceptors (Lipinski definition) is 5. The Morgan fingerprint density at radius 2 is 2.04 bits per heavy atom. The molecule has 0 saturated carbocycles. The van der Waals surface area contributed by atoms with Gasteiger partial charge < -0.3 is 15.3 Å². The number of benzene rings is 1. The van der Waals surface area contributed by atoms with Crippen LogP contribution >= 0.6 is 0 Å². The van der Waals surface area contributed by atoms with Crippen molar-refractivity contribution in [2.45, 2.75) is 38.6 Å². The highest BCUT2D eigenvalue weighted by Crippen LogP contribution is 2.26. The number of aromatic nitrogens is 2. The molecule has 1 saturated heterocycles. The Balaban J connectivity index is 1.55. The number of nitrogens with one attached hydrogen (secondary N) is 1. The summed E-state index contributed by atoms with van der Waals surface area (Å²) in [6, 6.07) is 11.0. The van der Waals surface area contributed by atoms with Crippen molar-refractivity contribution in [3.63, 3.8) is 0 Å². The normalized spacial score (nSPS) is 18.2. The zero-order valence-corrected chi connectivity index (χ0v) is 16.7. The van der Waals surface area contributed by atoms with E-state index in [-0.39, 0.29) is 11.0 Å². The lowest BCUT2D eigenvalue weighted by molar-refractivity contribution is -0.132. The number of carbonyl (C=O) groups is 1. The molecule has 3 rings (SSSR count). The average Bonchev–Trinajstić information content (AvgIpc) is 3.10. The summed E-state index contributed by atoms with van der Waals surface area (Å²) in [6.07, 6.45) is 5.84. The Morgan fingerprint density at radius 1 is 1.29 bits per heavy atom. The summed E-state index contributed by atoms with van der Waals surface area (Å²) in [5.41, 5.74) is 2.24. The van der Waals surface area contributed by atoms with E-state index < -0.39 is 5.97 Å². The zero-order valence-electron chi connectivity index (χ0n) is 16.7. The van der Waals surface area contributed by atoms with Gasteiger partial charge in [-0.3, -0.25) is 4.98 Å². The van der Waals surface area contributed by atoms with Crippen LogP contribution in [-0.2, 0) is 10.2 Å². The molecule has 1 aliphatic rings. The highest BCUT2D eigenvalue weighted by molar-refractivity contribution is 5.91. The maximum atomic E-state index is 10.9. The molecular weight excluding hydrogens is 352 g/mol. The fourth-order valence-electron chi connectivity index (χ4n) is 3.61. The molecule has 0 unspecified atom stereocenters. The molecule has 2 N–H and O–H groups in total. The van der Waals surface area contributed by atoms with Crippen LogP contribution in [0.2, 0.25) is 0 Å². The Kier molecular flexibility index (Phi) is 6.09. The van der Waals surface area contributed by atoms with Gasteiger partial charge in [-0.05, 0) is 25.0 Å². The number of carboxylic acids is 1. The van der Waals surface area contributed by atoms with Crippen molar-refractivity contribution in [1.82, 2.24) is 14.9 Å². The van der Waals surface area contributed by atoms with Crippen LogP contribution in [-0.4, -0.2) is 51.6 Å². The van der Waals surface area contributed by atoms with Gasteiger partial charge in [-0.15, -0.1) is 0 Å². The van der Waals surface area contributed by atoms with Crippen molar-refractivity contribution in [3.8, 4) is 0 Å². The molecule has 0 spiro atoms. The van der Waals surface area contributed by atoms with Crippen molar-refractivity contribution in [1.29, 1.82) is 0 Å². The summed E-state index contributed by atoms with van der Waals surface area (Å²) in [7, 11) is 0. The summed E-state index contributed by atoms with van der Waals surface area (Å²) in [5, 5.41) is 12.4. The number of hydrogen-bond donors (Lipinski definition) is 2.